The van der Waals surface area contributed by atoms with E-state index in [2.05, 4.69) is 10.3 Å². The summed E-state index contributed by atoms with van der Waals surface area (Å²) in [4.78, 5) is 4.15. The second-order valence-electron chi connectivity index (χ2n) is 3.53. The quantitative estimate of drug-likeness (QED) is 0.883. The average Bonchev–Trinajstić information content (AvgIpc) is 2.38. The van der Waals surface area contributed by atoms with Gasteiger partial charge in [-0.1, -0.05) is 0 Å². The van der Waals surface area contributed by atoms with E-state index in [1.54, 1.807) is 24.4 Å². The summed E-state index contributed by atoms with van der Waals surface area (Å²) in [6.45, 7) is 0. The lowest BCUT2D eigenvalue weighted by atomic mass is 10.1. The standard InChI is InChI=1S/C13H13FN2O/c1-15-9-5-6-16-13(7-9)11-4-3-10(17-2)8-12(11)14/h3-8H,1-2H3,(H,15,16). The highest BCUT2D eigenvalue weighted by Crippen LogP contribution is 2.26. The molecule has 0 spiro atoms. The van der Waals surface area contributed by atoms with Crippen molar-refractivity contribution in [2.45, 2.75) is 0 Å². The van der Waals surface area contributed by atoms with E-state index in [1.807, 2.05) is 13.1 Å². The molecule has 0 atom stereocenters. The molecule has 0 bridgehead atoms. The molecule has 0 aliphatic carbocycles. The molecule has 0 amide bonds. The van der Waals surface area contributed by atoms with Crippen LogP contribution in [0.5, 0.6) is 5.75 Å². The fourth-order valence-electron chi connectivity index (χ4n) is 1.56. The maximum atomic E-state index is 13.8. The monoisotopic (exact) mass is 232 g/mol. The Hall–Kier alpha value is -2.10. The molecule has 0 radical (unpaired) electrons. The third kappa shape index (κ3) is 2.36. The van der Waals surface area contributed by atoms with Gasteiger partial charge in [0.15, 0.2) is 0 Å². The molecule has 0 saturated carbocycles. The van der Waals surface area contributed by atoms with Crippen LogP contribution in [0.3, 0.4) is 0 Å². The van der Waals surface area contributed by atoms with Crippen LogP contribution in [-0.2, 0) is 0 Å². The van der Waals surface area contributed by atoms with Gasteiger partial charge in [-0.15, -0.1) is 0 Å². The minimum atomic E-state index is -0.342. The predicted octanol–water partition coefficient (Wildman–Crippen LogP) is 2.94. The number of hydrogen-bond donors (Lipinski definition) is 1. The third-order valence-corrected chi connectivity index (χ3v) is 2.50. The number of ether oxygens (including phenoxy) is 1. The molecule has 17 heavy (non-hydrogen) atoms. The van der Waals surface area contributed by atoms with E-state index in [-0.39, 0.29) is 5.82 Å². The molecular weight excluding hydrogens is 219 g/mol. The summed E-state index contributed by atoms with van der Waals surface area (Å²) < 4.78 is 18.8. The Labute approximate surface area is 99.3 Å². The predicted molar refractivity (Wildman–Crippen MR) is 65.7 cm³/mol. The highest BCUT2D eigenvalue weighted by Gasteiger charge is 2.08. The van der Waals surface area contributed by atoms with E-state index in [9.17, 15) is 4.39 Å². The first-order valence-electron chi connectivity index (χ1n) is 5.22. The minimum Gasteiger partial charge on any atom is -0.497 e. The molecule has 4 heteroatoms. The summed E-state index contributed by atoms with van der Waals surface area (Å²) in [6, 6.07) is 8.35. The number of nitrogens with one attached hydrogen (secondary N) is 1. The SMILES string of the molecule is CNc1ccnc(-c2ccc(OC)cc2F)c1. The largest absolute Gasteiger partial charge is 0.497 e. The normalized spacial score (nSPS) is 10.1. The van der Waals surface area contributed by atoms with Gasteiger partial charge in [0.25, 0.3) is 0 Å². The first kappa shape index (κ1) is 11.4. The summed E-state index contributed by atoms with van der Waals surface area (Å²) in [6.07, 6.45) is 1.64. The van der Waals surface area contributed by atoms with E-state index in [4.69, 9.17) is 4.74 Å². The van der Waals surface area contributed by atoms with Crippen LogP contribution in [0.1, 0.15) is 0 Å². The van der Waals surface area contributed by atoms with Crippen molar-refractivity contribution >= 4 is 5.69 Å². The molecule has 2 aromatic rings. The van der Waals surface area contributed by atoms with Gasteiger partial charge < -0.3 is 10.1 Å². The van der Waals surface area contributed by atoms with Crippen LogP contribution in [0.4, 0.5) is 10.1 Å². The van der Waals surface area contributed by atoms with Crippen LogP contribution in [0.25, 0.3) is 11.3 Å². The van der Waals surface area contributed by atoms with Crippen LogP contribution in [0.2, 0.25) is 0 Å². The maximum Gasteiger partial charge on any atom is 0.136 e. The number of pyridine rings is 1. The molecule has 1 aromatic carbocycles. The van der Waals surface area contributed by atoms with Gasteiger partial charge in [0, 0.05) is 30.6 Å². The zero-order valence-electron chi connectivity index (χ0n) is 9.70. The van der Waals surface area contributed by atoms with Crippen LogP contribution in [0.15, 0.2) is 36.5 Å². The van der Waals surface area contributed by atoms with Crippen LogP contribution < -0.4 is 10.1 Å². The Bertz CT molecular complexity index is 529. The van der Waals surface area contributed by atoms with E-state index >= 15 is 0 Å². The Balaban J connectivity index is 2.45. The van der Waals surface area contributed by atoms with Crippen molar-refractivity contribution in [3.63, 3.8) is 0 Å². The number of methoxy groups -OCH3 is 1. The van der Waals surface area contributed by atoms with Gasteiger partial charge in [0.2, 0.25) is 0 Å². The van der Waals surface area contributed by atoms with E-state index in [1.165, 1.54) is 13.2 Å². The van der Waals surface area contributed by atoms with E-state index < -0.39 is 0 Å². The van der Waals surface area contributed by atoms with Crippen molar-refractivity contribution in [3.05, 3.63) is 42.3 Å². The van der Waals surface area contributed by atoms with E-state index in [0.717, 1.165) is 5.69 Å². The number of benzene rings is 1. The lowest BCUT2D eigenvalue weighted by molar-refractivity contribution is 0.411. The third-order valence-electron chi connectivity index (χ3n) is 2.50. The van der Waals surface area contributed by atoms with Gasteiger partial charge in [-0.05, 0) is 24.3 Å². The van der Waals surface area contributed by atoms with Crippen LogP contribution >= 0.6 is 0 Å². The molecule has 1 N–H and O–H groups in total. The summed E-state index contributed by atoms with van der Waals surface area (Å²) in [5.41, 5.74) is 1.95. The smallest absolute Gasteiger partial charge is 0.136 e. The fraction of sp³-hybridized carbons (Fsp3) is 0.154. The lowest BCUT2D eigenvalue weighted by Gasteiger charge is -2.06. The number of halogens is 1. The number of anilines is 1. The zero-order chi connectivity index (χ0) is 12.3. The van der Waals surface area contributed by atoms with Gasteiger partial charge in [-0.3, -0.25) is 4.98 Å². The van der Waals surface area contributed by atoms with Gasteiger partial charge >= 0.3 is 0 Å². The lowest BCUT2D eigenvalue weighted by Crippen LogP contribution is -1.93. The van der Waals surface area contributed by atoms with Gasteiger partial charge in [0.1, 0.15) is 11.6 Å². The Morgan fingerprint density at radius 3 is 2.71 bits per heavy atom. The van der Waals surface area contributed by atoms with Gasteiger partial charge in [-0.25, -0.2) is 4.39 Å². The van der Waals surface area contributed by atoms with Crippen molar-refractivity contribution < 1.29 is 9.13 Å². The molecule has 3 nitrogen and oxygen atoms in total. The molecular formula is C13H13FN2O. The van der Waals surface area contributed by atoms with Gasteiger partial charge in [0.05, 0.1) is 12.8 Å². The topological polar surface area (TPSA) is 34.2 Å². The highest BCUT2D eigenvalue weighted by atomic mass is 19.1. The van der Waals surface area contributed by atoms with Crippen molar-refractivity contribution in [3.8, 4) is 17.0 Å². The fourth-order valence-corrected chi connectivity index (χ4v) is 1.56. The Kier molecular flexibility index (Phi) is 3.23. The van der Waals surface area contributed by atoms with E-state index in [0.29, 0.717) is 17.0 Å². The van der Waals surface area contributed by atoms with Crippen molar-refractivity contribution in [2.24, 2.45) is 0 Å². The van der Waals surface area contributed by atoms with Crippen LogP contribution in [0, 0.1) is 5.82 Å². The Morgan fingerprint density at radius 1 is 1.24 bits per heavy atom. The zero-order valence-corrected chi connectivity index (χ0v) is 9.70. The molecule has 1 heterocycles. The summed E-state index contributed by atoms with van der Waals surface area (Å²) in [5.74, 6) is 0.154. The average molecular weight is 232 g/mol. The number of nitrogens with zero attached hydrogens (tertiary/aromatic N) is 1. The first-order chi connectivity index (χ1) is 8.24. The summed E-state index contributed by atoms with van der Waals surface area (Å²) in [5, 5.41) is 2.99. The van der Waals surface area contributed by atoms with Gasteiger partial charge in [-0.2, -0.15) is 0 Å². The number of hydrogen-bond acceptors (Lipinski definition) is 3. The molecule has 2 rings (SSSR count). The molecule has 1 aromatic heterocycles. The molecule has 0 aliphatic heterocycles. The molecule has 0 saturated heterocycles. The number of aromatic nitrogens is 1. The second-order valence-corrected chi connectivity index (χ2v) is 3.53. The molecule has 0 aliphatic rings. The first-order valence-corrected chi connectivity index (χ1v) is 5.22. The summed E-state index contributed by atoms with van der Waals surface area (Å²) in [7, 11) is 3.32. The maximum absolute atomic E-state index is 13.8. The molecule has 0 unspecified atom stereocenters. The number of rotatable bonds is 3. The minimum absolute atomic E-state index is 0.342. The Morgan fingerprint density at radius 2 is 2.06 bits per heavy atom. The molecule has 0 fully saturated rings. The van der Waals surface area contributed by atoms with Crippen molar-refractivity contribution in [1.82, 2.24) is 4.98 Å². The second kappa shape index (κ2) is 4.82. The van der Waals surface area contributed by atoms with Crippen molar-refractivity contribution in [2.75, 3.05) is 19.5 Å². The summed E-state index contributed by atoms with van der Waals surface area (Å²) >= 11 is 0. The van der Waals surface area contributed by atoms with Crippen molar-refractivity contribution in [1.29, 1.82) is 0 Å². The highest BCUT2D eigenvalue weighted by molar-refractivity contribution is 5.65. The molecule has 88 valence electrons. The van der Waals surface area contributed by atoms with Crippen LogP contribution in [-0.4, -0.2) is 19.1 Å².